The second-order valence-electron chi connectivity index (χ2n) is 8.63. The number of hydrogen-bond donors (Lipinski definition) is 1. The van der Waals surface area contributed by atoms with Crippen LogP contribution in [-0.4, -0.2) is 49.4 Å². The number of para-hydroxylation sites is 1. The number of amides is 1. The summed E-state index contributed by atoms with van der Waals surface area (Å²) in [4.78, 5) is 18.2. The van der Waals surface area contributed by atoms with E-state index in [-0.39, 0.29) is 5.91 Å². The predicted octanol–water partition coefficient (Wildman–Crippen LogP) is 5.17. The molecule has 0 unspecified atom stereocenters. The molecule has 0 saturated heterocycles. The Morgan fingerprint density at radius 1 is 1.06 bits per heavy atom. The molecule has 1 fully saturated rings. The van der Waals surface area contributed by atoms with E-state index in [0.717, 1.165) is 53.3 Å². The molecule has 1 N–H and O–H groups in total. The van der Waals surface area contributed by atoms with Gasteiger partial charge in [0.05, 0.1) is 5.75 Å². The molecule has 0 radical (unpaired) electrons. The van der Waals surface area contributed by atoms with Gasteiger partial charge < -0.3 is 9.88 Å². The van der Waals surface area contributed by atoms with Crippen molar-refractivity contribution < 1.29 is 4.79 Å². The third kappa shape index (κ3) is 3.97. The van der Waals surface area contributed by atoms with Crippen molar-refractivity contribution in [2.24, 2.45) is 0 Å². The van der Waals surface area contributed by atoms with Gasteiger partial charge in [-0.2, -0.15) is 0 Å². The van der Waals surface area contributed by atoms with Crippen LogP contribution in [0.2, 0.25) is 0 Å². The minimum Gasteiger partial charge on any atom is -0.360 e. The van der Waals surface area contributed by atoms with Gasteiger partial charge in [-0.15, -0.1) is 10.2 Å². The molecule has 1 amide bonds. The van der Waals surface area contributed by atoms with Gasteiger partial charge in [0.15, 0.2) is 11.0 Å². The van der Waals surface area contributed by atoms with Crippen LogP contribution in [-0.2, 0) is 4.79 Å². The lowest BCUT2D eigenvalue weighted by molar-refractivity contribution is -0.127. The average Bonchev–Trinajstić information content (AvgIpc) is 3.48. The monoisotopic (exact) mass is 455 g/mol. The number of carbonyl (C=O) groups is 1. The minimum absolute atomic E-state index is 0.155. The van der Waals surface area contributed by atoms with Crippen molar-refractivity contribution in [2.75, 3.05) is 18.8 Å². The van der Waals surface area contributed by atoms with Crippen LogP contribution >= 0.6 is 11.8 Å². The molecular formula is C26H25N5OS. The largest absolute Gasteiger partial charge is 0.360 e. The third-order valence-electron chi connectivity index (χ3n) is 6.44. The maximum Gasteiger partial charge on any atom is 0.233 e. The zero-order valence-electron chi connectivity index (χ0n) is 18.3. The van der Waals surface area contributed by atoms with E-state index >= 15 is 0 Å². The Kier molecular flexibility index (Phi) is 5.26. The fourth-order valence-corrected chi connectivity index (χ4v) is 5.41. The van der Waals surface area contributed by atoms with Crippen molar-refractivity contribution in [3.8, 4) is 11.4 Å². The number of hydrogen-bond acceptors (Lipinski definition) is 4. The fourth-order valence-electron chi connectivity index (χ4n) is 4.51. The Hall–Kier alpha value is -3.32. The first-order valence-corrected chi connectivity index (χ1v) is 12.4. The van der Waals surface area contributed by atoms with Crippen molar-refractivity contribution in [3.05, 3.63) is 72.4 Å². The number of aromatic amines is 1. The summed E-state index contributed by atoms with van der Waals surface area (Å²) in [5, 5.41) is 11.0. The topological polar surface area (TPSA) is 66.8 Å². The zero-order valence-corrected chi connectivity index (χ0v) is 19.1. The Morgan fingerprint density at radius 3 is 2.67 bits per heavy atom. The highest BCUT2D eigenvalue weighted by molar-refractivity contribution is 7.99. The predicted molar refractivity (Wildman–Crippen MR) is 132 cm³/mol. The van der Waals surface area contributed by atoms with E-state index in [1.807, 2.05) is 29.3 Å². The van der Waals surface area contributed by atoms with Crippen LogP contribution in [0, 0.1) is 0 Å². The first-order valence-electron chi connectivity index (χ1n) is 11.4. The molecule has 166 valence electrons. The summed E-state index contributed by atoms with van der Waals surface area (Å²) in [7, 11) is 0. The summed E-state index contributed by atoms with van der Waals surface area (Å²) < 4.78 is 2.23. The number of benzene rings is 2. The smallest absolute Gasteiger partial charge is 0.233 e. The van der Waals surface area contributed by atoms with Gasteiger partial charge in [0.2, 0.25) is 5.91 Å². The molecule has 33 heavy (non-hydrogen) atoms. The number of rotatable bonds is 6. The number of fused-ring (bicyclic) bond motifs is 1. The molecule has 4 aromatic rings. The van der Waals surface area contributed by atoms with E-state index in [0.29, 0.717) is 18.3 Å². The molecule has 0 bridgehead atoms. The molecule has 2 aliphatic rings. The zero-order chi connectivity index (χ0) is 22.2. The van der Waals surface area contributed by atoms with Crippen LogP contribution in [0.4, 0.5) is 0 Å². The van der Waals surface area contributed by atoms with Gasteiger partial charge in [-0.05, 0) is 36.5 Å². The number of aromatic nitrogens is 4. The van der Waals surface area contributed by atoms with Gasteiger partial charge in [-0.25, -0.2) is 0 Å². The van der Waals surface area contributed by atoms with Crippen molar-refractivity contribution in [3.63, 3.8) is 0 Å². The van der Waals surface area contributed by atoms with Crippen molar-refractivity contribution >= 4 is 34.1 Å². The van der Waals surface area contributed by atoms with Crippen LogP contribution in [0.3, 0.4) is 0 Å². The standard InChI is InChI=1S/C26H25N5OS/c32-24(30-14-12-19(13-15-30)18-6-2-1-3-7-18)17-33-26-29-28-25(31(26)20-10-11-20)22-16-27-23-9-5-4-8-21(22)23/h1-9,12,16,20,27H,10-11,13-15,17H2. The second kappa shape index (κ2) is 8.56. The quantitative estimate of drug-likeness (QED) is 0.407. The maximum atomic E-state index is 12.9. The Bertz CT molecular complexity index is 1340. The van der Waals surface area contributed by atoms with Gasteiger partial charge >= 0.3 is 0 Å². The number of nitrogens with zero attached hydrogens (tertiary/aromatic N) is 4. The summed E-state index contributed by atoms with van der Waals surface area (Å²) in [5.74, 6) is 1.42. The normalized spacial score (nSPS) is 16.2. The van der Waals surface area contributed by atoms with Crippen LogP contribution < -0.4 is 0 Å². The van der Waals surface area contributed by atoms with Gasteiger partial charge in [0, 0.05) is 41.8 Å². The van der Waals surface area contributed by atoms with E-state index < -0.39 is 0 Å². The highest BCUT2D eigenvalue weighted by Crippen LogP contribution is 2.42. The molecule has 0 atom stereocenters. The van der Waals surface area contributed by atoms with Crippen molar-refractivity contribution in [1.82, 2.24) is 24.6 Å². The third-order valence-corrected chi connectivity index (χ3v) is 7.37. The van der Waals surface area contributed by atoms with Gasteiger partial charge in [0.1, 0.15) is 0 Å². The molecule has 6 nitrogen and oxygen atoms in total. The highest BCUT2D eigenvalue weighted by atomic mass is 32.2. The lowest BCUT2D eigenvalue weighted by Gasteiger charge is -2.26. The van der Waals surface area contributed by atoms with Crippen LogP contribution in [0.15, 0.2) is 72.0 Å². The van der Waals surface area contributed by atoms with Crippen LogP contribution in [0.5, 0.6) is 0 Å². The van der Waals surface area contributed by atoms with Crippen LogP contribution in [0.25, 0.3) is 27.9 Å². The first-order chi connectivity index (χ1) is 16.3. The first kappa shape index (κ1) is 20.3. The second-order valence-corrected chi connectivity index (χ2v) is 9.57. The number of carbonyl (C=O) groups excluding carboxylic acids is 1. The van der Waals surface area contributed by atoms with E-state index in [1.165, 1.54) is 22.9 Å². The summed E-state index contributed by atoms with van der Waals surface area (Å²) in [5.41, 5.74) is 4.73. The SMILES string of the molecule is O=C(CSc1nnc(-c2c[nH]c3ccccc23)n1C1CC1)N1CC=C(c2ccccc2)CC1. The van der Waals surface area contributed by atoms with Gasteiger partial charge in [-0.1, -0.05) is 66.4 Å². The average molecular weight is 456 g/mol. The number of nitrogens with one attached hydrogen (secondary N) is 1. The molecule has 1 aliphatic carbocycles. The van der Waals surface area contributed by atoms with E-state index in [1.54, 1.807) is 0 Å². The Balaban J connectivity index is 1.17. The fraction of sp³-hybridized carbons (Fsp3) is 0.269. The summed E-state index contributed by atoms with van der Waals surface area (Å²) in [6, 6.07) is 19.1. The Labute approximate surface area is 196 Å². The lowest BCUT2D eigenvalue weighted by Crippen LogP contribution is -2.35. The van der Waals surface area contributed by atoms with E-state index in [9.17, 15) is 4.79 Å². The molecule has 6 rings (SSSR count). The molecule has 2 aromatic carbocycles. The van der Waals surface area contributed by atoms with Gasteiger partial charge in [0.25, 0.3) is 0 Å². The minimum atomic E-state index is 0.155. The molecule has 1 saturated carbocycles. The summed E-state index contributed by atoms with van der Waals surface area (Å²) in [6.07, 6.45) is 7.35. The van der Waals surface area contributed by atoms with E-state index in [2.05, 4.69) is 62.2 Å². The maximum absolute atomic E-state index is 12.9. The molecule has 1 aliphatic heterocycles. The lowest BCUT2D eigenvalue weighted by atomic mass is 10.00. The van der Waals surface area contributed by atoms with Crippen LogP contribution in [0.1, 0.15) is 30.9 Å². The molecule has 2 aromatic heterocycles. The molecule has 3 heterocycles. The molecule has 0 spiro atoms. The molecule has 7 heteroatoms. The highest BCUT2D eigenvalue weighted by Gasteiger charge is 2.31. The number of thioether (sulfide) groups is 1. The summed E-state index contributed by atoms with van der Waals surface area (Å²) >= 11 is 1.51. The Morgan fingerprint density at radius 2 is 1.88 bits per heavy atom. The number of H-pyrrole nitrogens is 1. The van der Waals surface area contributed by atoms with Crippen molar-refractivity contribution in [2.45, 2.75) is 30.5 Å². The molecular weight excluding hydrogens is 430 g/mol. The van der Waals surface area contributed by atoms with Gasteiger partial charge in [-0.3, -0.25) is 9.36 Å². The summed E-state index contributed by atoms with van der Waals surface area (Å²) in [6.45, 7) is 1.43. The van der Waals surface area contributed by atoms with Crippen molar-refractivity contribution in [1.29, 1.82) is 0 Å². The van der Waals surface area contributed by atoms with E-state index in [4.69, 9.17) is 0 Å².